The van der Waals surface area contributed by atoms with Crippen molar-refractivity contribution in [3.63, 3.8) is 0 Å². The number of carbonyl (C=O) groups is 1. The molecular weight excluding hydrogens is 499 g/mol. The first-order valence-corrected chi connectivity index (χ1v) is 10.2. The second-order valence-electron chi connectivity index (χ2n) is 7.23. The summed E-state index contributed by atoms with van der Waals surface area (Å²) < 4.78 is 2.00. The maximum atomic E-state index is 11.0. The third-order valence-electron chi connectivity index (χ3n) is 5.38. The van der Waals surface area contributed by atoms with Gasteiger partial charge >= 0.3 is 5.97 Å². The highest BCUT2D eigenvalue weighted by Crippen LogP contribution is 2.32. The lowest BCUT2D eigenvalue weighted by Crippen LogP contribution is -3.00. The SMILES string of the molecule is CCN1C=CC(=CC=Cc2cc[n+](CCC(=O)O)c3ccccc23)c2ccccc21.[I-]. The van der Waals surface area contributed by atoms with Crippen molar-refractivity contribution < 1.29 is 38.4 Å². The van der Waals surface area contributed by atoms with E-state index in [1.807, 2.05) is 35.0 Å². The molecule has 158 valence electrons. The molecule has 0 amide bonds. The molecule has 0 atom stereocenters. The van der Waals surface area contributed by atoms with Gasteiger partial charge in [0.2, 0.25) is 5.52 Å². The zero-order chi connectivity index (χ0) is 20.9. The number of nitrogens with zero attached hydrogens (tertiary/aromatic N) is 2. The number of carboxylic acid groups (broad SMARTS) is 1. The molecule has 1 aromatic heterocycles. The van der Waals surface area contributed by atoms with Crippen LogP contribution < -0.4 is 33.4 Å². The van der Waals surface area contributed by atoms with Crippen LogP contribution in [-0.4, -0.2) is 17.6 Å². The molecule has 2 aromatic carbocycles. The lowest BCUT2D eigenvalue weighted by molar-refractivity contribution is -0.670. The van der Waals surface area contributed by atoms with Gasteiger partial charge in [0.05, 0.1) is 5.39 Å². The van der Waals surface area contributed by atoms with E-state index in [4.69, 9.17) is 5.11 Å². The molecule has 0 fully saturated rings. The van der Waals surface area contributed by atoms with Gasteiger partial charge in [0.25, 0.3) is 0 Å². The standard InChI is InChI=1S/C26H24N2O2.HI/c1-2-27-17-14-20(22-10-3-5-12-24(22)27)8-7-9-21-15-18-28(19-16-26(29)30)25-13-6-4-11-23(21)25;/h3-15,17-18H,2,16,19H2,1H3;1H. The van der Waals surface area contributed by atoms with E-state index in [-0.39, 0.29) is 30.4 Å². The van der Waals surface area contributed by atoms with E-state index in [0.29, 0.717) is 6.54 Å². The maximum Gasteiger partial charge on any atom is 0.309 e. The lowest BCUT2D eigenvalue weighted by atomic mass is 9.99. The number of carboxylic acids is 1. The number of para-hydroxylation sites is 2. The van der Waals surface area contributed by atoms with E-state index in [1.165, 1.54) is 16.8 Å². The summed E-state index contributed by atoms with van der Waals surface area (Å²) in [7, 11) is 0. The van der Waals surface area contributed by atoms with Crippen molar-refractivity contribution in [3.8, 4) is 0 Å². The number of anilines is 1. The van der Waals surface area contributed by atoms with Crippen LogP contribution in [0.2, 0.25) is 0 Å². The smallest absolute Gasteiger partial charge is 0.309 e. The average Bonchev–Trinajstić information content (AvgIpc) is 2.78. The molecule has 0 saturated heterocycles. The zero-order valence-corrected chi connectivity index (χ0v) is 19.6. The maximum absolute atomic E-state index is 11.0. The van der Waals surface area contributed by atoms with Gasteiger partial charge in [0.15, 0.2) is 12.7 Å². The second-order valence-corrected chi connectivity index (χ2v) is 7.23. The number of hydrogen-bond donors (Lipinski definition) is 1. The van der Waals surface area contributed by atoms with Crippen molar-refractivity contribution in [1.29, 1.82) is 0 Å². The summed E-state index contributed by atoms with van der Waals surface area (Å²) in [6.07, 6.45) is 12.7. The van der Waals surface area contributed by atoms with E-state index in [0.717, 1.165) is 23.0 Å². The van der Waals surface area contributed by atoms with E-state index in [9.17, 15) is 4.79 Å². The third-order valence-corrected chi connectivity index (χ3v) is 5.38. The van der Waals surface area contributed by atoms with E-state index < -0.39 is 5.97 Å². The topological polar surface area (TPSA) is 44.4 Å². The number of rotatable bonds is 6. The van der Waals surface area contributed by atoms with E-state index in [1.54, 1.807) is 0 Å². The number of pyridine rings is 1. The van der Waals surface area contributed by atoms with Crippen molar-refractivity contribution in [2.75, 3.05) is 11.4 Å². The van der Waals surface area contributed by atoms with Crippen molar-refractivity contribution in [2.24, 2.45) is 0 Å². The Morgan fingerprint density at radius 3 is 2.68 bits per heavy atom. The molecule has 0 radical (unpaired) electrons. The number of fused-ring (bicyclic) bond motifs is 2. The molecule has 4 nitrogen and oxygen atoms in total. The van der Waals surface area contributed by atoms with Gasteiger partial charge in [-0.25, -0.2) is 0 Å². The van der Waals surface area contributed by atoms with Crippen LogP contribution in [0, 0.1) is 0 Å². The van der Waals surface area contributed by atoms with Crippen LogP contribution in [0.3, 0.4) is 0 Å². The summed E-state index contributed by atoms with van der Waals surface area (Å²) in [5, 5.41) is 10.1. The van der Waals surface area contributed by atoms with Crippen LogP contribution in [0.15, 0.2) is 85.2 Å². The van der Waals surface area contributed by atoms with E-state index in [2.05, 4.69) is 72.7 Å². The summed E-state index contributed by atoms with van der Waals surface area (Å²) in [4.78, 5) is 13.2. The molecule has 2 heterocycles. The summed E-state index contributed by atoms with van der Waals surface area (Å²) in [6.45, 7) is 3.55. The van der Waals surface area contributed by atoms with Crippen LogP contribution in [0.1, 0.15) is 24.5 Å². The first-order valence-electron chi connectivity index (χ1n) is 10.2. The van der Waals surface area contributed by atoms with Gasteiger partial charge in [-0.3, -0.25) is 4.79 Å². The summed E-state index contributed by atoms with van der Waals surface area (Å²) in [6, 6.07) is 18.6. The number of halogens is 1. The van der Waals surface area contributed by atoms with Gasteiger partial charge in [0, 0.05) is 36.1 Å². The normalized spacial score (nSPS) is 14.1. The first kappa shape index (κ1) is 22.7. The fraction of sp³-hybridized carbons (Fsp3) is 0.154. The van der Waals surface area contributed by atoms with Crippen LogP contribution in [0.25, 0.3) is 22.6 Å². The number of hydrogen-bond acceptors (Lipinski definition) is 2. The highest BCUT2D eigenvalue weighted by atomic mass is 127. The van der Waals surface area contributed by atoms with Gasteiger partial charge in [0.1, 0.15) is 6.42 Å². The Labute approximate surface area is 199 Å². The fourth-order valence-corrected chi connectivity index (χ4v) is 3.85. The monoisotopic (exact) mass is 524 g/mol. The zero-order valence-electron chi connectivity index (χ0n) is 17.4. The number of benzene rings is 2. The Bertz CT molecular complexity index is 1180. The summed E-state index contributed by atoms with van der Waals surface area (Å²) in [5.41, 5.74) is 5.79. The van der Waals surface area contributed by atoms with Crippen LogP contribution in [0.5, 0.6) is 0 Å². The Morgan fingerprint density at radius 1 is 1.10 bits per heavy atom. The minimum atomic E-state index is -0.787. The molecule has 0 aliphatic carbocycles. The summed E-state index contributed by atoms with van der Waals surface area (Å²) >= 11 is 0. The van der Waals surface area contributed by atoms with Crippen molar-refractivity contribution in [1.82, 2.24) is 0 Å². The Morgan fingerprint density at radius 2 is 1.87 bits per heavy atom. The molecule has 0 saturated carbocycles. The molecule has 1 aliphatic heterocycles. The van der Waals surface area contributed by atoms with Crippen molar-refractivity contribution in [2.45, 2.75) is 19.9 Å². The van der Waals surface area contributed by atoms with Gasteiger partial charge in [-0.2, -0.15) is 4.57 Å². The molecule has 0 spiro atoms. The molecule has 3 aromatic rings. The molecule has 5 heteroatoms. The number of allylic oxidation sites excluding steroid dienone is 4. The lowest BCUT2D eigenvalue weighted by Gasteiger charge is -2.26. The number of aryl methyl sites for hydroxylation is 1. The van der Waals surface area contributed by atoms with Crippen LogP contribution >= 0.6 is 0 Å². The Balaban J connectivity index is 0.00000272. The largest absolute Gasteiger partial charge is 1.00 e. The van der Waals surface area contributed by atoms with Crippen LogP contribution in [0.4, 0.5) is 5.69 Å². The molecule has 4 rings (SSSR count). The molecule has 31 heavy (non-hydrogen) atoms. The van der Waals surface area contributed by atoms with Crippen LogP contribution in [-0.2, 0) is 11.3 Å². The Kier molecular flexibility index (Phi) is 7.63. The fourth-order valence-electron chi connectivity index (χ4n) is 3.85. The highest BCUT2D eigenvalue weighted by Gasteiger charge is 2.14. The minimum Gasteiger partial charge on any atom is -1.00 e. The predicted octanol–water partition coefficient (Wildman–Crippen LogP) is 2.06. The Hall–Kier alpha value is -2.93. The predicted molar refractivity (Wildman–Crippen MR) is 122 cm³/mol. The molecule has 1 aliphatic rings. The first-order chi connectivity index (χ1) is 14.7. The summed E-state index contributed by atoms with van der Waals surface area (Å²) in [5.74, 6) is -0.787. The van der Waals surface area contributed by atoms with Gasteiger partial charge in [-0.05, 0) is 36.3 Å². The van der Waals surface area contributed by atoms with E-state index >= 15 is 0 Å². The molecule has 1 N–H and O–H groups in total. The minimum absolute atomic E-state index is 0. The average molecular weight is 524 g/mol. The van der Waals surface area contributed by atoms with Crippen molar-refractivity contribution >= 4 is 34.2 Å². The second kappa shape index (κ2) is 10.4. The quantitative estimate of drug-likeness (QED) is 0.397. The van der Waals surface area contributed by atoms with Crippen molar-refractivity contribution in [3.05, 3.63) is 96.3 Å². The number of aliphatic carboxylic acids is 1. The van der Waals surface area contributed by atoms with Gasteiger partial charge < -0.3 is 34.0 Å². The molecule has 0 unspecified atom stereocenters. The third kappa shape index (κ3) is 5.05. The van der Waals surface area contributed by atoms with Gasteiger partial charge in [-0.1, -0.05) is 48.6 Å². The molecular formula is C26H25IN2O2. The molecule has 0 bridgehead atoms. The number of aromatic nitrogens is 1. The van der Waals surface area contributed by atoms with Gasteiger partial charge in [-0.15, -0.1) is 0 Å². The highest BCUT2D eigenvalue weighted by molar-refractivity contribution is 5.89.